The SMILES string of the molecule is N#C/C(=C/c1cccc(OCc2ccccc2C#N)c1)C(N)=O. The van der Waals surface area contributed by atoms with E-state index < -0.39 is 5.91 Å². The Morgan fingerprint density at radius 3 is 2.65 bits per heavy atom. The topological polar surface area (TPSA) is 99.9 Å². The molecule has 2 N–H and O–H groups in total. The van der Waals surface area contributed by atoms with Crippen LogP contribution in [0.25, 0.3) is 6.08 Å². The Balaban J connectivity index is 2.17. The highest BCUT2D eigenvalue weighted by atomic mass is 16.5. The minimum atomic E-state index is -0.776. The largest absolute Gasteiger partial charge is 0.489 e. The third kappa shape index (κ3) is 4.20. The van der Waals surface area contributed by atoms with Crippen LogP contribution in [0.5, 0.6) is 5.75 Å². The van der Waals surface area contributed by atoms with Crippen molar-refractivity contribution in [3.05, 3.63) is 70.8 Å². The van der Waals surface area contributed by atoms with Crippen LogP contribution in [0, 0.1) is 22.7 Å². The summed E-state index contributed by atoms with van der Waals surface area (Å²) >= 11 is 0. The average Bonchev–Trinajstić information content (AvgIpc) is 2.58. The second-order valence-corrected chi connectivity index (χ2v) is 4.66. The van der Waals surface area contributed by atoms with Gasteiger partial charge in [0.2, 0.25) is 0 Å². The van der Waals surface area contributed by atoms with Crippen molar-refractivity contribution in [1.29, 1.82) is 10.5 Å². The number of amides is 1. The van der Waals surface area contributed by atoms with E-state index in [1.807, 2.05) is 12.1 Å². The first-order valence-electron chi connectivity index (χ1n) is 6.76. The molecule has 5 nitrogen and oxygen atoms in total. The fourth-order valence-electron chi connectivity index (χ4n) is 1.94. The van der Waals surface area contributed by atoms with E-state index in [1.54, 1.807) is 42.5 Å². The number of primary amides is 1. The van der Waals surface area contributed by atoms with Crippen molar-refractivity contribution in [1.82, 2.24) is 0 Å². The number of hydrogen-bond donors (Lipinski definition) is 1. The molecule has 5 heteroatoms. The maximum Gasteiger partial charge on any atom is 0.259 e. The molecule has 112 valence electrons. The molecule has 0 bridgehead atoms. The van der Waals surface area contributed by atoms with Crippen LogP contribution in [-0.4, -0.2) is 5.91 Å². The van der Waals surface area contributed by atoms with Crippen LogP contribution in [0.2, 0.25) is 0 Å². The van der Waals surface area contributed by atoms with Gasteiger partial charge in [0, 0.05) is 5.56 Å². The summed E-state index contributed by atoms with van der Waals surface area (Å²) in [7, 11) is 0. The van der Waals surface area contributed by atoms with Crippen LogP contribution in [0.15, 0.2) is 54.1 Å². The van der Waals surface area contributed by atoms with E-state index in [4.69, 9.17) is 21.0 Å². The molecule has 0 heterocycles. The zero-order valence-corrected chi connectivity index (χ0v) is 12.2. The molecule has 0 radical (unpaired) electrons. The number of carbonyl (C=O) groups is 1. The van der Waals surface area contributed by atoms with E-state index in [1.165, 1.54) is 6.08 Å². The number of nitrogens with two attached hydrogens (primary N) is 1. The summed E-state index contributed by atoms with van der Waals surface area (Å²) in [5, 5.41) is 17.9. The fourth-order valence-corrected chi connectivity index (χ4v) is 1.94. The number of nitriles is 2. The molecule has 0 spiro atoms. The number of ether oxygens (including phenoxy) is 1. The van der Waals surface area contributed by atoms with Gasteiger partial charge in [0.25, 0.3) is 5.91 Å². The Kier molecular flexibility index (Phi) is 5.12. The highest BCUT2D eigenvalue weighted by Gasteiger charge is 2.05. The molecule has 0 aliphatic rings. The van der Waals surface area contributed by atoms with Gasteiger partial charge in [-0.05, 0) is 29.8 Å². The third-order valence-corrected chi connectivity index (χ3v) is 3.09. The summed E-state index contributed by atoms with van der Waals surface area (Å²) in [6, 6.07) is 18.0. The number of nitrogens with zero attached hydrogens (tertiary/aromatic N) is 2. The molecule has 0 unspecified atom stereocenters. The normalized spacial score (nSPS) is 10.4. The minimum Gasteiger partial charge on any atom is -0.489 e. The third-order valence-electron chi connectivity index (χ3n) is 3.09. The highest BCUT2D eigenvalue weighted by Crippen LogP contribution is 2.18. The fraction of sp³-hybridized carbons (Fsp3) is 0.0556. The van der Waals surface area contributed by atoms with E-state index >= 15 is 0 Å². The first kappa shape index (κ1) is 15.8. The van der Waals surface area contributed by atoms with Gasteiger partial charge in [-0.25, -0.2) is 0 Å². The Hall–Kier alpha value is -3.57. The van der Waals surface area contributed by atoms with Gasteiger partial charge in [-0.1, -0.05) is 30.3 Å². The van der Waals surface area contributed by atoms with Crippen LogP contribution in [-0.2, 0) is 11.4 Å². The lowest BCUT2D eigenvalue weighted by atomic mass is 10.1. The van der Waals surface area contributed by atoms with Gasteiger partial charge in [0.15, 0.2) is 0 Å². The molecule has 0 aliphatic carbocycles. The Morgan fingerprint density at radius 1 is 1.17 bits per heavy atom. The van der Waals surface area contributed by atoms with Crippen LogP contribution in [0.3, 0.4) is 0 Å². The molecule has 0 aromatic heterocycles. The van der Waals surface area contributed by atoms with Crippen molar-refractivity contribution in [3.8, 4) is 17.9 Å². The molecule has 0 saturated carbocycles. The van der Waals surface area contributed by atoms with Crippen LogP contribution in [0.4, 0.5) is 0 Å². The van der Waals surface area contributed by atoms with Gasteiger partial charge >= 0.3 is 0 Å². The summed E-state index contributed by atoms with van der Waals surface area (Å²) in [6.07, 6.45) is 1.40. The second-order valence-electron chi connectivity index (χ2n) is 4.66. The standard InChI is InChI=1S/C18H13N3O2/c19-10-14-5-1-2-6-15(14)12-23-17-7-3-4-13(9-17)8-16(11-20)18(21)22/h1-9H,12H2,(H2,21,22)/b16-8-. The Bertz CT molecular complexity index is 842. The molecule has 2 rings (SSSR count). The van der Waals surface area contributed by atoms with Gasteiger partial charge < -0.3 is 10.5 Å². The first-order chi connectivity index (χ1) is 11.1. The Labute approximate surface area is 133 Å². The van der Waals surface area contributed by atoms with Crippen LogP contribution in [0.1, 0.15) is 16.7 Å². The van der Waals surface area contributed by atoms with Gasteiger partial charge in [-0.2, -0.15) is 10.5 Å². The molecule has 0 aliphatic heterocycles. The molecule has 0 fully saturated rings. The van der Waals surface area contributed by atoms with E-state index in [2.05, 4.69) is 6.07 Å². The van der Waals surface area contributed by atoms with Gasteiger partial charge in [0.1, 0.15) is 24.0 Å². The monoisotopic (exact) mass is 303 g/mol. The predicted molar refractivity (Wildman–Crippen MR) is 84.7 cm³/mol. The highest BCUT2D eigenvalue weighted by molar-refractivity contribution is 6.00. The van der Waals surface area contributed by atoms with E-state index in [0.717, 1.165) is 5.56 Å². The number of hydrogen-bond acceptors (Lipinski definition) is 4. The van der Waals surface area contributed by atoms with Gasteiger partial charge in [-0.3, -0.25) is 4.79 Å². The zero-order chi connectivity index (χ0) is 16.7. The second kappa shape index (κ2) is 7.44. The molecule has 1 amide bonds. The summed E-state index contributed by atoms with van der Waals surface area (Å²) in [5.74, 6) is -0.213. The smallest absolute Gasteiger partial charge is 0.259 e. The van der Waals surface area contributed by atoms with Crippen molar-refractivity contribution in [3.63, 3.8) is 0 Å². The number of benzene rings is 2. The lowest BCUT2D eigenvalue weighted by Gasteiger charge is -2.08. The molecular formula is C18H13N3O2. The maximum absolute atomic E-state index is 11.1. The van der Waals surface area contributed by atoms with Crippen LogP contribution < -0.4 is 10.5 Å². The summed E-state index contributed by atoms with van der Waals surface area (Å²) < 4.78 is 5.67. The van der Waals surface area contributed by atoms with Crippen molar-refractivity contribution >= 4 is 12.0 Å². The van der Waals surface area contributed by atoms with Crippen LogP contribution >= 0.6 is 0 Å². The summed E-state index contributed by atoms with van der Waals surface area (Å²) in [6.45, 7) is 0.248. The maximum atomic E-state index is 11.1. The molecular weight excluding hydrogens is 290 g/mol. The van der Waals surface area contributed by atoms with E-state index in [9.17, 15) is 4.79 Å². The lowest BCUT2D eigenvalue weighted by Crippen LogP contribution is -2.12. The van der Waals surface area contributed by atoms with E-state index in [0.29, 0.717) is 16.9 Å². The van der Waals surface area contributed by atoms with Crippen molar-refractivity contribution in [2.45, 2.75) is 6.61 Å². The first-order valence-corrected chi connectivity index (χ1v) is 6.76. The zero-order valence-electron chi connectivity index (χ0n) is 12.2. The molecule has 2 aromatic rings. The van der Waals surface area contributed by atoms with Crippen molar-refractivity contribution in [2.24, 2.45) is 5.73 Å². The van der Waals surface area contributed by atoms with E-state index in [-0.39, 0.29) is 12.2 Å². The van der Waals surface area contributed by atoms with Crippen molar-refractivity contribution < 1.29 is 9.53 Å². The van der Waals surface area contributed by atoms with Gasteiger partial charge in [-0.15, -0.1) is 0 Å². The van der Waals surface area contributed by atoms with Crippen molar-refractivity contribution in [2.75, 3.05) is 0 Å². The summed E-state index contributed by atoms with van der Waals surface area (Å²) in [5.41, 5.74) is 6.95. The molecule has 0 atom stereocenters. The number of rotatable bonds is 5. The molecule has 2 aromatic carbocycles. The number of carbonyl (C=O) groups excluding carboxylic acids is 1. The average molecular weight is 303 g/mol. The molecule has 23 heavy (non-hydrogen) atoms. The lowest BCUT2D eigenvalue weighted by molar-refractivity contribution is -0.114. The predicted octanol–water partition coefficient (Wildman–Crippen LogP) is 2.53. The minimum absolute atomic E-state index is 0.128. The quantitative estimate of drug-likeness (QED) is 0.677. The Morgan fingerprint density at radius 2 is 1.96 bits per heavy atom. The molecule has 0 saturated heterocycles. The van der Waals surface area contributed by atoms with Gasteiger partial charge in [0.05, 0.1) is 11.6 Å². The summed E-state index contributed by atoms with van der Waals surface area (Å²) in [4.78, 5) is 11.1.